The zero-order valence-corrected chi connectivity index (χ0v) is 11.3. The van der Waals surface area contributed by atoms with Crippen LogP contribution in [-0.4, -0.2) is 22.4 Å². The van der Waals surface area contributed by atoms with E-state index < -0.39 is 0 Å². The second-order valence-electron chi connectivity index (χ2n) is 3.92. The molecule has 0 fully saturated rings. The van der Waals surface area contributed by atoms with Gasteiger partial charge < -0.3 is 15.2 Å². The van der Waals surface area contributed by atoms with E-state index in [9.17, 15) is 5.11 Å². The van der Waals surface area contributed by atoms with Gasteiger partial charge in [-0.25, -0.2) is 0 Å². The van der Waals surface area contributed by atoms with Gasteiger partial charge in [-0.3, -0.25) is 0 Å². The number of aromatic nitrogens is 2. The highest BCUT2D eigenvalue weighted by atomic mass is 32.1. The highest BCUT2D eigenvalue weighted by Crippen LogP contribution is 2.30. The van der Waals surface area contributed by atoms with Crippen molar-refractivity contribution in [2.24, 2.45) is 0 Å². The molecule has 0 aliphatic rings. The van der Waals surface area contributed by atoms with Crippen LogP contribution in [0.1, 0.15) is 23.5 Å². The number of aryl methyl sites for hydroxylation is 1. The number of phenolic OH excluding ortho intramolecular Hbond substituents is 1. The Morgan fingerprint density at radius 2 is 2.17 bits per heavy atom. The van der Waals surface area contributed by atoms with Gasteiger partial charge in [-0.15, -0.1) is 10.2 Å². The fourth-order valence-electron chi connectivity index (χ4n) is 1.59. The highest BCUT2D eigenvalue weighted by molar-refractivity contribution is 7.15. The van der Waals surface area contributed by atoms with Crippen LogP contribution in [0, 0.1) is 6.92 Å². The number of rotatable bonds is 4. The van der Waals surface area contributed by atoms with Gasteiger partial charge in [0.05, 0.1) is 13.2 Å². The number of nitrogens with one attached hydrogen (secondary N) is 1. The summed E-state index contributed by atoms with van der Waals surface area (Å²) in [6, 6.07) is 5.34. The number of benzene rings is 1. The predicted octanol–water partition coefficient (Wildman–Crippen LogP) is 2.73. The van der Waals surface area contributed by atoms with Gasteiger partial charge >= 0.3 is 0 Å². The summed E-state index contributed by atoms with van der Waals surface area (Å²) in [5.41, 5.74) is 1.01. The summed E-state index contributed by atoms with van der Waals surface area (Å²) in [5, 5.41) is 22.5. The molecule has 0 bridgehead atoms. The maximum Gasteiger partial charge on any atom is 0.206 e. The third kappa shape index (κ3) is 2.70. The first-order valence-electron chi connectivity index (χ1n) is 5.53. The van der Waals surface area contributed by atoms with Crippen LogP contribution in [0.15, 0.2) is 18.2 Å². The van der Waals surface area contributed by atoms with Gasteiger partial charge in [-0.1, -0.05) is 17.4 Å². The molecule has 2 aromatic rings. The van der Waals surface area contributed by atoms with Gasteiger partial charge in [0.15, 0.2) is 11.5 Å². The van der Waals surface area contributed by atoms with E-state index in [1.165, 1.54) is 18.4 Å². The molecule has 6 heteroatoms. The summed E-state index contributed by atoms with van der Waals surface area (Å²) in [6.07, 6.45) is 0. The van der Waals surface area contributed by atoms with E-state index in [1.54, 1.807) is 12.1 Å². The lowest BCUT2D eigenvalue weighted by Gasteiger charge is -2.14. The second-order valence-corrected chi connectivity index (χ2v) is 5.11. The average molecular weight is 265 g/mol. The first-order valence-corrected chi connectivity index (χ1v) is 6.35. The molecule has 0 radical (unpaired) electrons. The van der Waals surface area contributed by atoms with Crippen LogP contribution in [0.4, 0.5) is 5.13 Å². The van der Waals surface area contributed by atoms with E-state index in [-0.39, 0.29) is 11.8 Å². The molecule has 0 saturated carbocycles. The fraction of sp³-hybridized carbons (Fsp3) is 0.333. The number of methoxy groups -OCH3 is 1. The zero-order chi connectivity index (χ0) is 13.1. The predicted molar refractivity (Wildman–Crippen MR) is 71.3 cm³/mol. The molecular formula is C12H15N3O2S. The summed E-state index contributed by atoms with van der Waals surface area (Å²) in [6.45, 7) is 3.93. The Morgan fingerprint density at radius 3 is 2.78 bits per heavy atom. The molecular weight excluding hydrogens is 250 g/mol. The molecule has 18 heavy (non-hydrogen) atoms. The third-order valence-corrected chi connectivity index (χ3v) is 3.34. The van der Waals surface area contributed by atoms with Crippen molar-refractivity contribution in [1.29, 1.82) is 0 Å². The van der Waals surface area contributed by atoms with Crippen LogP contribution in [0.3, 0.4) is 0 Å². The van der Waals surface area contributed by atoms with E-state index in [2.05, 4.69) is 15.5 Å². The average Bonchev–Trinajstić information content (AvgIpc) is 2.75. The fourth-order valence-corrected chi connectivity index (χ4v) is 2.27. The summed E-state index contributed by atoms with van der Waals surface area (Å²) < 4.78 is 5.09. The molecule has 2 N–H and O–H groups in total. The van der Waals surface area contributed by atoms with E-state index in [0.717, 1.165) is 15.7 Å². The van der Waals surface area contributed by atoms with Crippen molar-refractivity contribution in [2.75, 3.05) is 12.4 Å². The lowest BCUT2D eigenvalue weighted by atomic mass is 10.1. The summed E-state index contributed by atoms with van der Waals surface area (Å²) in [5.74, 6) is 0.606. The molecule has 0 spiro atoms. The van der Waals surface area contributed by atoms with Gasteiger partial charge in [-0.05, 0) is 31.5 Å². The standard InChI is InChI=1S/C12H15N3O2S/c1-7(13-12-15-14-8(2)18-12)9-4-5-10(16)11(6-9)17-3/h4-7,16H,1-3H3,(H,13,15). The van der Waals surface area contributed by atoms with E-state index in [0.29, 0.717) is 5.75 Å². The van der Waals surface area contributed by atoms with Crippen LogP contribution < -0.4 is 10.1 Å². The quantitative estimate of drug-likeness (QED) is 0.889. The van der Waals surface area contributed by atoms with Crippen molar-refractivity contribution >= 4 is 16.5 Å². The number of aromatic hydroxyl groups is 1. The Kier molecular flexibility index (Phi) is 3.66. The molecule has 1 unspecified atom stereocenters. The normalized spacial score (nSPS) is 12.2. The van der Waals surface area contributed by atoms with Gasteiger partial charge in [0, 0.05) is 0 Å². The smallest absolute Gasteiger partial charge is 0.206 e. The molecule has 0 aliphatic carbocycles. The molecule has 5 nitrogen and oxygen atoms in total. The Hall–Kier alpha value is -1.82. The van der Waals surface area contributed by atoms with E-state index in [4.69, 9.17) is 4.74 Å². The number of anilines is 1. The maximum atomic E-state index is 9.54. The molecule has 1 aromatic carbocycles. The lowest BCUT2D eigenvalue weighted by Crippen LogP contribution is -2.06. The van der Waals surface area contributed by atoms with Crippen LogP contribution in [0.2, 0.25) is 0 Å². The van der Waals surface area contributed by atoms with Crippen molar-refractivity contribution in [2.45, 2.75) is 19.9 Å². The van der Waals surface area contributed by atoms with Crippen molar-refractivity contribution in [3.05, 3.63) is 28.8 Å². The zero-order valence-electron chi connectivity index (χ0n) is 10.5. The topological polar surface area (TPSA) is 67.3 Å². The molecule has 0 aliphatic heterocycles. The summed E-state index contributed by atoms with van der Waals surface area (Å²) in [4.78, 5) is 0. The largest absolute Gasteiger partial charge is 0.504 e. The highest BCUT2D eigenvalue weighted by Gasteiger charge is 2.11. The second kappa shape index (κ2) is 5.22. The molecule has 0 saturated heterocycles. The molecule has 2 rings (SSSR count). The van der Waals surface area contributed by atoms with Crippen LogP contribution in [-0.2, 0) is 0 Å². The number of phenols is 1. The first-order chi connectivity index (χ1) is 8.60. The van der Waals surface area contributed by atoms with Gasteiger partial charge in [0.2, 0.25) is 5.13 Å². The molecule has 1 atom stereocenters. The number of nitrogens with zero attached hydrogens (tertiary/aromatic N) is 2. The van der Waals surface area contributed by atoms with Crippen molar-refractivity contribution in [1.82, 2.24) is 10.2 Å². The van der Waals surface area contributed by atoms with Crippen LogP contribution >= 0.6 is 11.3 Å². The van der Waals surface area contributed by atoms with Crippen LogP contribution in [0.25, 0.3) is 0 Å². The monoisotopic (exact) mass is 265 g/mol. The Bertz CT molecular complexity index is 542. The van der Waals surface area contributed by atoms with Gasteiger partial charge in [-0.2, -0.15) is 0 Å². The third-order valence-electron chi connectivity index (χ3n) is 2.57. The molecule has 96 valence electrons. The molecule has 1 aromatic heterocycles. The number of hydrogen-bond donors (Lipinski definition) is 2. The minimum Gasteiger partial charge on any atom is -0.504 e. The Labute approximate surface area is 109 Å². The van der Waals surface area contributed by atoms with Gasteiger partial charge in [0.1, 0.15) is 5.01 Å². The number of hydrogen-bond acceptors (Lipinski definition) is 6. The lowest BCUT2D eigenvalue weighted by molar-refractivity contribution is 0.373. The van der Waals surface area contributed by atoms with E-state index >= 15 is 0 Å². The van der Waals surface area contributed by atoms with Crippen molar-refractivity contribution < 1.29 is 9.84 Å². The van der Waals surface area contributed by atoms with Crippen molar-refractivity contribution in [3.8, 4) is 11.5 Å². The number of ether oxygens (including phenoxy) is 1. The van der Waals surface area contributed by atoms with Crippen LogP contribution in [0.5, 0.6) is 11.5 Å². The first kappa shape index (κ1) is 12.6. The summed E-state index contributed by atoms with van der Waals surface area (Å²) >= 11 is 1.51. The Balaban J connectivity index is 2.15. The molecule has 0 amide bonds. The maximum absolute atomic E-state index is 9.54. The molecule has 1 heterocycles. The minimum absolute atomic E-state index is 0.0619. The Morgan fingerprint density at radius 1 is 1.39 bits per heavy atom. The van der Waals surface area contributed by atoms with Crippen molar-refractivity contribution in [3.63, 3.8) is 0 Å². The summed E-state index contributed by atoms with van der Waals surface area (Å²) in [7, 11) is 1.53. The van der Waals surface area contributed by atoms with E-state index in [1.807, 2.05) is 19.9 Å². The van der Waals surface area contributed by atoms with Gasteiger partial charge in [0.25, 0.3) is 0 Å². The minimum atomic E-state index is 0.0619. The SMILES string of the molecule is COc1cc(C(C)Nc2nnc(C)s2)ccc1O.